The van der Waals surface area contributed by atoms with Gasteiger partial charge in [-0.05, 0) is 31.0 Å². The summed E-state index contributed by atoms with van der Waals surface area (Å²) in [6, 6.07) is 3.89. The van der Waals surface area contributed by atoms with Gasteiger partial charge in [-0.2, -0.15) is 0 Å². The van der Waals surface area contributed by atoms with Crippen LogP contribution in [0.1, 0.15) is 32.3 Å². The molecule has 0 aliphatic rings. The lowest BCUT2D eigenvalue weighted by molar-refractivity contribution is 0.288. The smallest absolute Gasteiger partial charge is 0.203 e. The van der Waals surface area contributed by atoms with E-state index in [0.717, 1.165) is 30.9 Å². The van der Waals surface area contributed by atoms with E-state index < -0.39 is 0 Å². The van der Waals surface area contributed by atoms with Crippen molar-refractivity contribution in [3.8, 4) is 17.2 Å². The molecule has 0 unspecified atom stereocenters. The number of hydrogen-bond donors (Lipinski definition) is 2. The first-order valence-electron chi connectivity index (χ1n) is 8.02. The molecule has 0 spiro atoms. The lowest BCUT2D eigenvalue weighted by Gasteiger charge is -2.16. The van der Waals surface area contributed by atoms with Crippen molar-refractivity contribution in [1.29, 1.82) is 0 Å². The van der Waals surface area contributed by atoms with Crippen LogP contribution in [0.15, 0.2) is 17.1 Å². The van der Waals surface area contributed by atoms with Gasteiger partial charge in [-0.25, -0.2) is 0 Å². The fraction of sp³-hybridized carbons (Fsp3) is 0.588. The molecule has 0 heterocycles. The van der Waals surface area contributed by atoms with Crippen molar-refractivity contribution in [3.05, 3.63) is 17.7 Å². The van der Waals surface area contributed by atoms with Crippen molar-refractivity contribution in [2.75, 3.05) is 34.4 Å². The van der Waals surface area contributed by atoms with Crippen LogP contribution in [-0.4, -0.2) is 40.4 Å². The number of nitrogens with one attached hydrogen (secondary N) is 2. The molecule has 23 heavy (non-hydrogen) atoms. The van der Waals surface area contributed by atoms with Crippen molar-refractivity contribution >= 4 is 5.96 Å². The summed E-state index contributed by atoms with van der Waals surface area (Å²) in [7, 11) is 5.01. The maximum absolute atomic E-state index is 5.61. The second-order valence-electron chi connectivity index (χ2n) is 4.97. The Labute approximate surface area is 139 Å². The topological polar surface area (TPSA) is 64.1 Å². The summed E-state index contributed by atoms with van der Waals surface area (Å²) in [6.45, 7) is 6.17. The first-order valence-corrected chi connectivity index (χ1v) is 8.02. The van der Waals surface area contributed by atoms with Gasteiger partial charge >= 0.3 is 0 Å². The first kappa shape index (κ1) is 18.9. The Kier molecular flexibility index (Phi) is 8.72. The van der Waals surface area contributed by atoms with Crippen molar-refractivity contribution in [1.82, 2.24) is 10.6 Å². The summed E-state index contributed by atoms with van der Waals surface area (Å²) in [5, 5.41) is 6.57. The van der Waals surface area contributed by atoms with E-state index in [-0.39, 0.29) is 0 Å². The number of guanidine groups is 1. The molecule has 0 aliphatic carbocycles. The van der Waals surface area contributed by atoms with Crippen LogP contribution in [0.4, 0.5) is 0 Å². The molecule has 0 bridgehead atoms. The first-order chi connectivity index (χ1) is 11.2. The van der Waals surface area contributed by atoms with Crippen LogP contribution >= 0.6 is 0 Å². The van der Waals surface area contributed by atoms with E-state index in [9.17, 15) is 0 Å². The van der Waals surface area contributed by atoms with Gasteiger partial charge in [-0.3, -0.25) is 4.99 Å². The normalized spacial score (nSPS) is 11.1. The van der Waals surface area contributed by atoms with Gasteiger partial charge < -0.3 is 24.8 Å². The van der Waals surface area contributed by atoms with Crippen LogP contribution in [0.3, 0.4) is 0 Å². The highest BCUT2D eigenvalue weighted by atomic mass is 16.5. The largest absolute Gasteiger partial charge is 0.493 e. The third-order valence-corrected chi connectivity index (χ3v) is 3.32. The van der Waals surface area contributed by atoms with Gasteiger partial charge in [0.25, 0.3) is 0 Å². The minimum atomic E-state index is 0.554. The molecule has 0 amide bonds. The standard InChI is InChI=1S/C17H29N3O3/c1-6-8-9-19-17(18-3)20-12-13-10-14(21-4)16(23-7-2)15(11-13)22-5/h10-11H,6-9,12H2,1-5H3,(H2,18,19,20). The molecule has 6 nitrogen and oxygen atoms in total. The average molecular weight is 323 g/mol. The van der Waals surface area contributed by atoms with E-state index in [4.69, 9.17) is 14.2 Å². The molecule has 0 fully saturated rings. The summed E-state index contributed by atoms with van der Waals surface area (Å²) in [5.74, 6) is 2.74. The monoisotopic (exact) mass is 323 g/mol. The lowest BCUT2D eigenvalue weighted by atomic mass is 10.2. The number of benzene rings is 1. The predicted octanol–water partition coefficient (Wildman–Crippen LogP) is 2.57. The van der Waals surface area contributed by atoms with Crippen LogP contribution in [0.25, 0.3) is 0 Å². The third kappa shape index (κ3) is 5.88. The van der Waals surface area contributed by atoms with Crippen LogP contribution in [0.2, 0.25) is 0 Å². The Balaban J connectivity index is 2.80. The number of ether oxygens (including phenoxy) is 3. The Morgan fingerprint density at radius 2 is 1.74 bits per heavy atom. The average Bonchev–Trinajstić information content (AvgIpc) is 2.58. The number of nitrogens with zero attached hydrogens (tertiary/aromatic N) is 1. The zero-order valence-electron chi connectivity index (χ0n) is 14.9. The number of unbranched alkanes of at least 4 members (excludes halogenated alkanes) is 1. The van der Waals surface area contributed by atoms with Gasteiger partial charge in [0.2, 0.25) is 5.75 Å². The van der Waals surface area contributed by atoms with Crippen molar-refractivity contribution in [3.63, 3.8) is 0 Å². The third-order valence-electron chi connectivity index (χ3n) is 3.32. The highest BCUT2D eigenvalue weighted by Gasteiger charge is 2.14. The molecular weight excluding hydrogens is 294 g/mol. The Bertz CT molecular complexity index is 479. The molecule has 1 rings (SSSR count). The molecule has 1 aromatic rings. The van der Waals surface area contributed by atoms with E-state index >= 15 is 0 Å². The predicted molar refractivity (Wildman–Crippen MR) is 93.8 cm³/mol. The fourth-order valence-electron chi connectivity index (χ4n) is 2.11. The minimum absolute atomic E-state index is 0.554. The van der Waals surface area contributed by atoms with Crippen LogP contribution in [-0.2, 0) is 6.54 Å². The number of aliphatic imine (C=N–C) groups is 1. The summed E-state index contributed by atoms with van der Waals surface area (Å²) in [5.41, 5.74) is 1.03. The molecule has 0 aromatic heterocycles. The van der Waals surface area contributed by atoms with E-state index in [1.54, 1.807) is 21.3 Å². The second-order valence-corrected chi connectivity index (χ2v) is 4.97. The lowest BCUT2D eigenvalue weighted by Crippen LogP contribution is -2.37. The minimum Gasteiger partial charge on any atom is -0.493 e. The maximum Gasteiger partial charge on any atom is 0.203 e. The Hall–Kier alpha value is -2.11. The molecule has 0 radical (unpaired) electrons. The summed E-state index contributed by atoms with van der Waals surface area (Å²) >= 11 is 0. The molecule has 1 aromatic carbocycles. The van der Waals surface area contributed by atoms with Crippen molar-refractivity contribution in [2.24, 2.45) is 4.99 Å². The van der Waals surface area contributed by atoms with Crippen molar-refractivity contribution < 1.29 is 14.2 Å². The van der Waals surface area contributed by atoms with E-state index in [1.165, 1.54) is 0 Å². The molecule has 6 heteroatoms. The molecule has 130 valence electrons. The SMILES string of the molecule is CCCCNC(=NC)NCc1cc(OC)c(OCC)c(OC)c1. The Morgan fingerprint density at radius 3 is 2.22 bits per heavy atom. The zero-order valence-corrected chi connectivity index (χ0v) is 14.9. The second kappa shape index (κ2) is 10.6. The molecule has 0 saturated carbocycles. The van der Waals surface area contributed by atoms with Gasteiger partial charge in [0.15, 0.2) is 17.5 Å². The molecule has 0 aliphatic heterocycles. The quantitative estimate of drug-likeness (QED) is 0.415. The fourth-order valence-corrected chi connectivity index (χ4v) is 2.11. The summed E-state index contributed by atoms with van der Waals surface area (Å²) in [4.78, 5) is 4.21. The molecule has 0 atom stereocenters. The van der Waals surface area contributed by atoms with E-state index in [2.05, 4.69) is 22.5 Å². The maximum atomic E-state index is 5.61. The van der Waals surface area contributed by atoms with Gasteiger partial charge in [0, 0.05) is 20.1 Å². The van der Waals surface area contributed by atoms with Gasteiger partial charge in [0.05, 0.1) is 20.8 Å². The van der Waals surface area contributed by atoms with Gasteiger partial charge in [-0.15, -0.1) is 0 Å². The van der Waals surface area contributed by atoms with Crippen LogP contribution in [0.5, 0.6) is 17.2 Å². The van der Waals surface area contributed by atoms with E-state index in [0.29, 0.717) is 30.4 Å². The van der Waals surface area contributed by atoms with Crippen LogP contribution in [0, 0.1) is 0 Å². The molecular formula is C17H29N3O3. The summed E-state index contributed by atoms with van der Waals surface area (Å²) in [6.07, 6.45) is 2.27. The highest BCUT2D eigenvalue weighted by Crippen LogP contribution is 2.38. The van der Waals surface area contributed by atoms with Gasteiger partial charge in [0.1, 0.15) is 0 Å². The van der Waals surface area contributed by atoms with Crippen molar-refractivity contribution in [2.45, 2.75) is 33.2 Å². The summed E-state index contributed by atoms with van der Waals surface area (Å²) < 4.78 is 16.4. The number of hydrogen-bond acceptors (Lipinski definition) is 4. The zero-order chi connectivity index (χ0) is 17.1. The number of rotatable bonds is 9. The van der Waals surface area contributed by atoms with Crippen LogP contribution < -0.4 is 24.8 Å². The van der Waals surface area contributed by atoms with Gasteiger partial charge in [-0.1, -0.05) is 13.3 Å². The molecule has 2 N–H and O–H groups in total. The molecule has 0 saturated heterocycles. The highest BCUT2D eigenvalue weighted by molar-refractivity contribution is 5.79. The number of methoxy groups -OCH3 is 2. The van der Waals surface area contributed by atoms with E-state index in [1.807, 2.05) is 19.1 Å². The Morgan fingerprint density at radius 1 is 1.09 bits per heavy atom.